The molecule has 0 aliphatic carbocycles. The van der Waals surface area contributed by atoms with Crippen LogP contribution in [-0.4, -0.2) is 20.4 Å². The summed E-state index contributed by atoms with van der Waals surface area (Å²) in [7, 11) is -2.24. The van der Waals surface area contributed by atoms with Crippen LogP contribution in [0.5, 0.6) is 0 Å². The van der Waals surface area contributed by atoms with E-state index in [1.807, 2.05) is 0 Å². The summed E-state index contributed by atoms with van der Waals surface area (Å²) in [6.45, 7) is 0.222. The van der Waals surface area contributed by atoms with Crippen molar-refractivity contribution in [2.24, 2.45) is 0 Å². The van der Waals surface area contributed by atoms with Gasteiger partial charge in [-0.15, -0.1) is 0 Å². The van der Waals surface area contributed by atoms with Crippen molar-refractivity contribution < 1.29 is 12.8 Å². The molecule has 2 aromatic rings. The van der Waals surface area contributed by atoms with Gasteiger partial charge in [-0.3, -0.25) is 4.72 Å². The van der Waals surface area contributed by atoms with Gasteiger partial charge < -0.3 is 5.32 Å². The van der Waals surface area contributed by atoms with E-state index in [2.05, 4.69) is 15.0 Å². The fourth-order valence-electron chi connectivity index (χ4n) is 1.69. The van der Waals surface area contributed by atoms with Gasteiger partial charge in [0.05, 0.1) is 9.92 Å². The van der Waals surface area contributed by atoms with Crippen molar-refractivity contribution in [3.05, 3.63) is 52.9 Å². The van der Waals surface area contributed by atoms with Gasteiger partial charge in [-0.05, 0) is 37.4 Å². The van der Waals surface area contributed by atoms with Crippen molar-refractivity contribution in [3.8, 4) is 0 Å². The molecule has 0 radical (unpaired) electrons. The Kier molecular flexibility index (Phi) is 4.76. The topological polar surface area (TPSA) is 71.1 Å². The van der Waals surface area contributed by atoms with Crippen LogP contribution in [-0.2, 0) is 16.6 Å². The van der Waals surface area contributed by atoms with Gasteiger partial charge in [0.1, 0.15) is 5.82 Å². The monoisotopic (exact) mass is 329 g/mol. The number of pyridine rings is 1. The Morgan fingerprint density at radius 1 is 1.33 bits per heavy atom. The van der Waals surface area contributed by atoms with E-state index in [1.54, 1.807) is 13.1 Å². The van der Waals surface area contributed by atoms with Crippen LogP contribution in [0.15, 0.2) is 41.4 Å². The van der Waals surface area contributed by atoms with Crippen LogP contribution in [0.4, 0.5) is 10.2 Å². The molecule has 0 aliphatic heterocycles. The van der Waals surface area contributed by atoms with E-state index in [0.29, 0.717) is 0 Å². The highest BCUT2D eigenvalue weighted by Gasteiger charge is 2.18. The fraction of sp³-hybridized carbons (Fsp3) is 0.154. The van der Waals surface area contributed by atoms with Crippen molar-refractivity contribution in [3.63, 3.8) is 0 Å². The summed E-state index contributed by atoms with van der Waals surface area (Å²) in [5.74, 6) is -0.446. The lowest BCUT2D eigenvalue weighted by Crippen LogP contribution is -2.15. The van der Waals surface area contributed by atoms with Gasteiger partial charge in [-0.2, -0.15) is 0 Å². The van der Waals surface area contributed by atoms with Crippen LogP contribution >= 0.6 is 11.6 Å². The van der Waals surface area contributed by atoms with Crippen molar-refractivity contribution in [2.45, 2.75) is 11.4 Å². The normalized spacial score (nSPS) is 11.4. The molecule has 2 N–H and O–H groups in total. The zero-order chi connectivity index (χ0) is 15.5. The van der Waals surface area contributed by atoms with Crippen molar-refractivity contribution in [2.75, 3.05) is 11.8 Å². The summed E-state index contributed by atoms with van der Waals surface area (Å²) in [5.41, 5.74) is 0.257. The third kappa shape index (κ3) is 3.69. The second-order valence-corrected chi connectivity index (χ2v) is 6.31. The zero-order valence-electron chi connectivity index (χ0n) is 11.1. The lowest BCUT2D eigenvalue weighted by atomic mass is 10.2. The second kappa shape index (κ2) is 6.38. The summed E-state index contributed by atoms with van der Waals surface area (Å²) >= 11 is 5.86. The minimum absolute atomic E-state index is 0.0265. The van der Waals surface area contributed by atoms with Crippen molar-refractivity contribution in [1.82, 2.24) is 10.3 Å². The molecule has 1 aromatic heterocycles. The Morgan fingerprint density at radius 2 is 2.10 bits per heavy atom. The molecule has 0 spiro atoms. The molecular formula is C13H13ClFN3O2S. The molecule has 0 amide bonds. The predicted molar refractivity (Wildman–Crippen MR) is 79.2 cm³/mol. The second-order valence-electron chi connectivity index (χ2n) is 4.22. The molecule has 0 aliphatic rings. The Bertz CT molecular complexity index is 753. The first-order valence-corrected chi connectivity index (χ1v) is 7.86. The lowest BCUT2D eigenvalue weighted by Gasteiger charge is -2.10. The van der Waals surface area contributed by atoms with E-state index in [-0.39, 0.29) is 27.8 Å². The quantitative estimate of drug-likeness (QED) is 0.883. The summed E-state index contributed by atoms with van der Waals surface area (Å²) in [6.07, 6.45) is 1.42. The van der Waals surface area contributed by atoms with Gasteiger partial charge in [-0.1, -0.05) is 11.6 Å². The summed E-state index contributed by atoms with van der Waals surface area (Å²) < 4.78 is 40.4. The maximum Gasteiger partial charge on any atom is 0.263 e. The van der Waals surface area contributed by atoms with E-state index < -0.39 is 15.8 Å². The number of hydrogen-bond donors (Lipinski definition) is 2. The number of nitrogens with zero attached hydrogens (tertiary/aromatic N) is 1. The van der Waals surface area contributed by atoms with Crippen LogP contribution in [0.2, 0.25) is 5.02 Å². The number of hydrogen-bond acceptors (Lipinski definition) is 4. The number of rotatable bonds is 5. The average Bonchev–Trinajstić information content (AvgIpc) is 2.44. The van der Waals surface area contributed by atoms with Crippen LogP contribution in [0.3, 0.4) is 0 Å². The molecule has 0 saturated heterocycles. The molecule has 8 heteroatoms. The van der Waals surface area contributed by atoms with E-state index in [1.165, 1.54) is 24.4 Å². The molecule has 0 fully saturated rings. The van der Waals surface area contributed by atoms with E-state index in [9.17, 15) is 12.8 Å². The molecule has 2 rings (SSSR count). The van der Waals surface area contributed by atoms with Gasteiger partial charge in [0.25, 0.3) is 10.0 Å². The minimum Gasteiger partial charge on any atom is -0.316 e. The Hall–Kier alpha value is -1.70. The Labute approximate surface area is 127 Å². The minimum atomic E-state index is -3.88. The number of sulfonamides is 1. The van der Waals surface area contributed by atoms with Gasteiger partial charge in [0.15, 0.2) is 5.82 Å². The van der Waals surface area contributed by atoms with Crippen LogP contribution in [0.25, 0.3) is 0 Å². The first kappa shape index (κ1) is 15.7. The molecule has 0 unspecified atom stereocenters. The molecule has 0 atom stereocenters. The Balaban J connectivity index is 2.36. The van der Waals surface area contributed by atoms with E-state index in [0.717, 1.165) is 6.07 Å². The smallest absolute Gasteiger partial charge is 0.263 e. The molecule has 0 saturated carbocycles. The van der Waals surface area contributed by atoms with Gasteiger partial charge in [-0.25, -0.2) is 17.8 Å². The first-order valence-electron chi connectivity index (χ1n) is 6.00. The molecule has 21 heavy (non-hydrogen) atoms. The highest BCUT2D eigenvalue weighted by atomic mass is 35.5. The van der Waals surface area contributed by atoms with Crippen molar-refractivity contribution in [1.29, 1.82) is 0 Å². The largest absolute Gasteiger partial charge is 0.316 e. The predicted octanol–water partition coefficient (Wildman–Crippen LogP) is 2.39. The summed E-state index contributed by atoms with van der Waals surface area (Å²) in [4.78, 5) is 3.80. The van der Waals surface area contributed by atoms with Crippen molar-refractivity contribution >= 4 is 27.4 Å². The average molecular weight is 330 g/mol. The third-order valence-corrected chi connectivity index (χ3v) is 4.33. The Morgan fingerprint density at radius 3 is 2.76 bits per heavy atom. The summed E-state index contributed by atoms with van der Waals surface area (Å²) in [6, 6.07) is 6.67. The third-order valence-electron chi connectivity index (χ3n) is 2.68. The van der Waals surface area contributed by atoms with Gasteiger partial charge >= 0.3 is 0 Å². The highest BCUT2D eigenvalue weighted by molar-refractivity contribution is 7.92. The van der Waals surface area contributed by atoms with Crippen LogP contribution < -0.4 is 10.0 Å². The molecule has 1 heterocycles. The number of halogens is 2. The van der Waals surface area contributed by atoms with Crippen LogP contribution in [0.1, 0.15) is 5.56 Å². The standard InChI is InChI=1S/C13H13ClFN3O2S/c1-16-8-9-7-10(4-5-12(9)15)21(19,20)18-13-11(14)3-2-6-17-13/h2-7,16H,8H2,1H3,(H,17,18). The number of anilines is 1. The molecule has 5 nitrogen and oxygen atoms in total. The molecular weight excluding hydrogens is 317 g/mol. The lowest BCUT2D eigenvalue weighted by molar-refractivity contribution is 0.591. The number of nitrogens with one attached hydrogen (secondary N) is 2. The highest BCUT2D eigenvalue weighted by Crippen LogP contribution is 2.22. The first-order chi connectivity index (χ1) is 9.94. The maximum atomic E-state index is 13.5. The molecule has 1 aromatic carbocycles. The van der Waals surface area contributed by atoms with Crippen LogP contribution in [0, 0.1) is 5.82 Å². The van der Waals surface area contributed by atoms with Gasteiger partial charge in [0, 0.05) is 18.3 Å². The fourth-order valence-corrected chi connectivity index (χ4v) is 3.00. The zero-order valence-corrected chi connectivity index (χ0v) is 12.7. The SMILES string of the molecule is CNCc1cc(S(=O)(=O)Nc2ncccc2Cl)ccc1F. The number of aromatic nitrogens is 1. The summed E-state index contributed by atoms with van der Waals surface area (Å²) in [5, 5.41) is 2.95. The van der Waals surface area contributed by atoms with E-state index in [4.69, 9.17) is 11.6 Å². The molecule has 112 valence electrons. The molecule has 0 bridgehead atoms. The maximum absolute atomic E-state index is 13.5. The van der Waals surface area contributed by atoms with E-state index >= 15 is 0 Å². The number of benzene rings is 1. The van der Waals surface area contributed by atoms with Gasteiger partial charge in [0.2, 0.25) is 0 Å².